The maximum atomic E-state index is 9.60. The first-order valence-electron chi connectivity index (χ1n) is 12.9. The van der Waals surface area contributed by atoms with Crippen molar-refractivity contribution in [2.45, 2.75) is 25.8 Å². The highest BCUT2D eigenvalue weighted by Crippen LogP contribution is 2.31. The second-order valence-corrected chi connectivity index (χ2v) is 9.62. The molecule has 0 bridgehead atoms. The lowest BCUT2D eigenvalue weighted by molar-refractivity contribution is -0.0744. The number of nitriles is 1. The highest BCUT2D eigenvalue weighted by Gasteiger charge is 2.28. The molecule has 0 unspecified atom stereocenters. The van der Waals surface area contributed by atoms with Crippen LogP contribution in [-0.2, 0) is 4.74 Å². The van der Waals surface area contributed by atoms with Crippen molar-refractivity contribution >= 4 is 5.95 Å². The maximum Gasteiger partial charge on any atom is 0.230 e. The lowest BCUT2D eigenvalue weighted by Gasteiger charge is -2.43. The number of allylic oxidation sites excluding steroid dienone is 3. The number of hydrogen-bond donors (Lipinski definition) is 1. The summed E-state index contributed by atoms with van der Waals surface area (Å²) in [4.78, 5) is 18.0. The molecule has 0 amide bonds. The lowest BCUT2D eigenvalue weighted by Crippen LogP contribution is -2.56. The van der Waals surface area contributed by atoms with E-state index in [1.54, 1.807) is 6.07 Å². The lowest BCUT2D eigenvalue weighted by atomic mass is 10.1. The van der Waals surface area contributed by atoms with E-state index in [0.717, 1.165) is 56.4 Å². The molecule has 37 heavy (non-hydrogen) atoms. The molecule has 1 aliphatic carbocycles. The van der Waals surface area contributed by atoms with Gasteiger partial charge in [0.1, 0.15) is 18.1 Å². The Morgan fingerprint density at radius 1 is 1.22 bits per heavy atom. The van der Waals surface area contributed by atoms with E-state index >= 15 is 0 Å². The van der Waals surface area contributed by atoms with Crippen LogP contribution in [0.5, 0.6) is 5.75 Å². The number of rotatable bonds is 10. The molecule has 1 N–H and O–H groups in total. The largest absolute Gasteiger partial charge is 0.492 e. The van der Waals surface area contributed by atoms with Crippen molar-refractivity contribution in [3.63, 3.8) is 0 Å². The van der Waals surface area contributed by atoms with Crippen molar-refractivity contribution in [1.29, 1.82) is 5.26 Å². The minimum atomic E-state index is 0.428. The molecule has 5 rings (SSSR count). The van der Waals surface area contributed by atoms with E-state index < -0.39 is 0 Å². The average Bonchev–Trinajstić information content (AvgIpc) is 3.74. The first-order chi connectivity index (χ1) is 18.1. The van der Waals surface area contributed by atoms with Crippen molar-refractivity contribution in [3.05, 3.63) is 66.3 Å². The summed E-state index contributed by atoms with van der Waals surface area (Å²) < 4.78 is 11.2. The van der Waals surface area contributed by atoms with Gasteiger partial charge in [-0.15, -0.1) is 0 Å². The van der Waals surface area contributed by atoms with Crippen LogP contribution >= 0.6 is 0 Å². The maximum absolute atomic E-state index is 9.60. The van der Waals surface area contributed by atoms with Gasteiger partial charge in [-0.05, 0) is 56.0 Å². The highest BCUT2D eigenvalue weighted by atomic mass is 16.5. The van der Waals surface area contributed by atoms with Gasteiger partial charge < -0.3 is 19.7 Å². The molecule has 0 radical (unpaired) electrons. The molecule has 192 valence electrons. The molecular formula is C28H33N7O2. The van der Waals surface area contributed by atoms with Crippen LogP contribution < -0.4 is 10.1 Å². The zero-order chi connectivity index (χ0) is 25.6. The summed E-state index contributed by atoms with van der Waals surface area (Å²) in [7, 11) is 0. The van der Waals surface area contributed by atoms with Crippen LogP contribution in [0.4, 0.5) is 5.95 Å². The molecule has 3 aliphatic rings. The molecule has 1 aromatic heterocycles. The van der Waals surface area contributed by atoms with Gasteiger partial charge in [-0.3, -0.25) is 4.90 Å². The molecule has 2 aromatic rings. The Hall–Kier alpha value is -3.74. The molecular weight excluding hydrogens is 466 g/mol. The van der Waals surface area contributed by atoms with Gasteiger partial charge in [0.25, 0.3) is 0 Å². The summed E-state index contributed by atoms with van der Waals surface area (Å²) in [5.74, 6) is 2.14. The fourth-order valence-electron chi connectivity index (χ4n) is 4.31. The molecule has 3 heterocycles. The first-order valence-corrected chi connectivity index (χ1v) is 12.9. The number of nitrogens with zero attached hydrogens (tertiary/aromatic N) is 6. The SMILES string of the molecule is C=C(/C=C\C(=C/C)Nc1ncnc(-c2ccc(OCC3CC3)c(C#N)c2)n1)N1CCN(C2COC2)CC1. The fourth-order valence-corrected chi connectivity index (χ4v) is 4.31. The third-order valence-corrected chi connectivity index (χ3v) is 6.98. The number of aromatic nitrogens is 3. The van der Waals surface area contributed by atoms with Crippen LogP contribution in [0, 0.1) is 17.2 Å². The molecule has 9 nitrogen and oxygen atoms in total. The minimum Gasteiger partial charge on any atom is -0.492 e. The van der Waals surface area contributed by atoms with Gasteiger partial charge >= 0.3 is 0 Å². The van der Waals surface area contributed by atoms with Gasteiger partial charge in [-0.25, -0.2) is 9.97 Å². The van der Waals surface area contributed by atoms with E-state index in [4.69, 9.17) is 9.47 Å². The van der Waals surface area contributed by atoms with Crippen molar-refractivity contribution in [1.82, 2.24) is 24.8 Å². The third kappa shape index (κ3) is 6.34. The number of hydrogen-bond acceptors (Lipinski definition) is 9. The molecule has 1 aromatic carbocycles. The highest BCUT2D eigenvalue weighted by molar-refractivity contribution is 5.62. The van der Waals surface area contributed by atoms with E-state index in [1.807, 2.05) is 37.3 Å². The van der Waals surface area contributed by atoms with Crippen molar-refractivity contribution in [2.75, 3.05) is 51.3 Å². The zero-order valence-corrected chi connectivity index (χ0v) is 21.3. The van der Waals surface area contributed by atoms with Crippen LogP contribution in [0.1, 0.15) is 25.3 Å². The van der Waals surface area contributed by atoms with E-state index in [0.29, 0.717) is 41.7 Å². The van der Waals surface area contributed by atoms with Crippen LogP contribution in [0.25, 0.3) is 11.4 Å². The van der Waals surface area contributed by atoms with Crippen LogP contribution in [0.15, 0.2) is 60.7 Å². The Morgan fingerprint density at radius 2 is 2.03 bits per heavy atom. The van der Waals surface area contributed by atoms with Crippen LogP contribution in [0.3, 0.4) is 0 Å². The Bertz CT molecular complexity index is 1220. The first kappa shape index (κ1) is 24.9. The van der Waals surface area contributed by atoms with E-state index in [-0.39, 0.29) is 0 Å². The van der Waals surface area contributed by atoms with Gasteiger partial charge in [-0.2, -0.15) is 10.2 Å². The van der Waals surface area contributed by atoms with E-state index in [9.17, 15) is 5.26 Å². The standard InChI is InChI=1S/C28H33N7O2/c1-3-24(8-4-20(2)34-10-12-35(13-11-34)25-17-36-18-25)32-28-31-19-30-27(33-28)22-7-9-26(23(14-22)15-29)37-16-21-5-6-21/h3-4,7-9,14,19,21,25H,2,5-6,10-13,16-18H2,1H3,(H,30,31,32,33)/b8-4-,24-3+. The number of ether oxygens (including phenoxy) is 2. The number of piperazine rings is 1. The number of anilines is 1. The molecule has 1 saturated carbocycles. The Kier molecular flexibility index (Phi) is 7.78. The van der Waals surface area contributed by atoms with Crippen molar-refractivity contribution < 1.29 is 9.47 Å². The van der Waals surface area contributed by atoms with E-state index in [2.05, 4.69) is 42.7 Å². The van der Waals surface area contributed by atoms with Crippen molar-refractivity contribution in [3.8, 4) is 23.2 Å². The minimum absolute atomic E-state index is 0.428. The summed E-state index contributed by atoms with van der Waals surface area (Å²) >= 11 is 0. The molecule has 0 atom stereocenters. The number of nitrogens with one attached hydrogen (secondary N) is 1. The summed E-state index contributed by atoms with van der Waals surface area (Å²) in [5, 5.41) is 12.9. The van der Waals surface area contributed by atoms with Crippen LogP contribution in [0.2, 0.25) is 0 Å². The van der Waals surface area contributed by atoms with Gasteiger partial charge in [0.05, 0.1) is 31.4 Å². The van der Waals surface area contributed by atoms with Crippen molar-refractivity contribution in [2.24, 2.45) is 5.92 Å². The zero-order valence-electron chi connectivity index (χ0n) is 21.3. The second-order valence-electron chi connectivity index (χ2n) is 9.62. The Labute approximate surface area is 218 Å². The fraction of sp³-hybridized carbons (Fsp3) is 0.429. The summed E-state index contributed by atoms with van der Waals surface area (Å²) in [6.07, 6.45) is 9.83. The van der Waals surface area contributed by atoms with E-state index in [1.165, 1.54) is 19.2 Å². The van der Waals surface area contributed by atoms with Gasteiger partial charge in [0.2, 0.25) is 5.95 Å². The third-order valence-electron chi connectivity index (χ3n) is 6.98. The summed E-state index contributed by atoms with van der Waals surface area (Å²) in [5.41, 5.74) is 3.05. The predicted octanol–water partition coefficient (Wildman–Crippen LogP) is 3.60. The predicted molar refractivity (Wildman–Crippen MR) is 142 cm³/mol. The number of benzene rings is 1. The van der Waals surface area contributed by atoms with Gasteiger partial charge in [-0.1, -0.05) is 12.7 Å². The molecule has 2 saturated heterocycles. The quantitative estimate of drug-likeness (QED) is 0.492. The van der Waals surface area contributed by atoms with Gasteiger partial charge in [0.15, 0.2) is 5.82 Å². The molecule has 9 heteroatoms. The Balaban J connectivity index is 1.19. The van der Waals surface area contributed by atoms with Gasteiger partial charge in [0, 0.05) is 43.1 Å². The van der Waals surface area contributed by atoms with Crippen LogP contribution in [-0.4, -0.2) is 76.8 Å². The average molecular weight is 500 g/mol. The smallest absolute Gasteiger partial charge is 0.230 e. The monoisotopic (exact) mass is 499 g/mol. The summed E-state index contributed by atoms with van der Waals surface area (Å²) in [6.45, 7) is 12.6. The topological polar surface area (TPSA) is 99.4 Å². The molecule has 0 spiro atoms. The normalized spacial score (nSPS) is 18.9. The summed E-state index contributed by atoms with van der Waals surface area (Å²) in [6, 6.07) is 8.26. The molecule has 2 aliphatic heterocycles. The molecule has 3 fully saturated rings. The Morgan fingerprint density at radius 3 is 2.70 bits per heavy atom. The second kappa shape index (κ2) is 11.5.